The number of aliphatic hydroxyl groups is 1. The third kappa shape index (κ3) is 2.17. The lowest BCUT2D eigenvalue weighted by Gasteiger charge is -2.41. The molecule has 0 saturated carbocycles. The average Bonchev–Trinajstić information content (AvgIpc) is 1.92. The summed E-state index contributed by atoms with van der Waals surface area (Å²) >= 11 is 0. The van der Waals surface area contributed by atoms with E-state index in [0.717, 1.165) is 6.54 Å². The lowest BCUT2D eigenvalue weighted by atomic mass is 9.98. The molecule has 1 N–H and O–H groups in total. The molecule has 0 aliphatic carbocycles. The Labute approximate surface area is 73.4 Å². The van der Waals surface area contributed by atoms with Gasteiger partial charge in [0, 0.05) is 18.6 Å². The number of halogens is 1. The van der Waals surface area contributed by atoms with Crippen LogP contribution in [0.4, 0.5) is 4.39 Å². The van der Waals surface area contributed by atoms with Gasteiger partial charge in [-0.15, -0.1) is 0 Å². The van der Waals surface area contributed by atoms with Crippen molar-refractivity contribution in [3.63, 3.8) is 0 Å². The first-order valence-corrected chi connectivity index (χ1v) is 4.48. The number of hydrogen-bond acceptors (Lipinski definition) is 2. The van der Waals surface area contributed by atoms with Crippen LogP contribution in [0.2, 0.25) is 0 Å². The zero-order chi connectivity index (χ0) is 9.35. The lowest BCUT2D eigenvalue weighted by molar-refractivity contribution is -0.0232. The molecule has 0 aromatic heterocycles. The second-order valence-electron chi connectivity index (χ2n) is 4.49. The minimum atomic E-state index is -1.07. The Morgan fingerprint density at radius 1 is 1.42 bits per heavy atom. The molecule has 2 nitrogen and oxygen atoms in total. The molecule has 12 heavy (non-hydrogen) atoms. The third-order valence-electron chi connectivity index (χ3n) is 2.46. The Hall–Kier alpha value is -0.150. The van der Waals surface area contributed by atoms with E-state index in [9.17, 15) is 4.39 Å². The molecule has 1 fully saturated rings. The van der Waals surface area contributed by atoms with Crippen molar-refractivity contribution in [1.82, 2.24) is 4.90 Å². The van der Waals surface area contributed by atoms with Crippen molar-refractivity contribution in [2.45, 2.75) is 45.0 Å². The van der Waals surface area contributed by atoms with Gasteiger partial charge in [0.25, 0.3) is 0 Å². The number of nitrogens with zero attached hydrogens (tertiary/aromatic N) is 1. The molecule has 1 saturated heterocycles. The molecule has 72 valence electrons. The third-order valence-corrected chi connectivity index (χ3v) is 2.46. The van der Waals surface area contributed by atoms with E-state index in [2.05, 4.69) is 25.7 Å². The zero-order valence-electron chi connectivity index (χ0n) is 8.05. The summed E-state index contributed by atoms with van der Waals surface area (Å²) in [6.45, 7) is 7.36. The fourth-order valence-electron chi connectivity index (χ4n) is 1.50. The van der Waals surface area contributed by atoms with Crippen molar-refractivity contribution < 1.29 is 9.50 Å². The average molecular weight is 175 g/mol. The summed E-state index contributed by atoms with van der Waals surface area (Å²) < 4.78 is 13.1. The second kappa shape index (κ2) is 3.30. The van der Waals surface area contributed by atoms with Crippen molar-refractivity contribution in [3.8, 4) is 0 Å². The predicted octanol–water partition coefficient (Wildman–Crippen LogP) is 1.19. The van der Waals surface area contributed by atoms with Gasteiger partial charge >= 0.3 is 0 Å². The van der Waals surface area contributed by atoms with Gasteiger partial charge in [-0.05, 0) is 27.2 Å². The first-order valence-electron chi connectivity index (χ1n) is 4.48. The molecule has 1 heterocycles. The highest BCUT2D eigenvalue weighted by Crippen LogP contribution is 2.21. The Bertz CT molecular complexity index is 155. The first-order chi connectivity index (χ1) is 5.41. The smallest absolute Gasteiger partial charge is 0.139 e. The van der Waals surface area contributed by atoms with Gasteiger partial charge in [-0.2, -0.15) is 0 Å². The van der Waals surface area contributed by atoms with E-state index in [1.54, 1.807) is 0 Å². The van der Waals surface area contributed by atoms with Gasteiger partial charge in [0.05, 0.1) is 6.10 Å². The van der Waals surface area contributed by atoms with Crippen molar-refractivity contribution in [2.75, 3.05) is 13.1 Å². The number of alkyl halides is 1. The summed E-state index contributed by atoms with van der Waals surface area (Å²) in [4.78, 5) is 2.07. The van der Waals surface area contributed by atoms with Crippen LogP contribution in [-0.2, 0) is 0 Å². The van der Waals surface area contributed by atoms with Gasteiger partial charge in [0.2, 0.25) is 0 Å². The summed E-state index contributed by atoms with van der Waals surface area (Å²) in [5.74, 6) is 0. The van der Waals surface area contributed by atoms with Crippen molar-refractivity contribution >= 4 is 0 Å². The number of aliphatic hydroxyl groups excluding tert-OH is 1. The van der Waals surface area contributed by atoms with Crippen LogP contribution in [0.5, 0.6) is 0 Å². The van der Waals surface area contributed by atoms with Crippen LogP contribution >= 0.6 is 0 Å². The maximum atomic E-state index is 13.1. The van der Waals surface area contributed by atoms with E-state index in [0.29, 0.717) is 13.0 Å². The first kappa shape index (κ1) is 9.93. The minimum absolute atomic E-state index is 0.0183. The Morgan fingerprint density at radius 2 is 2.00 bits per heavy atom. The predicted molar refractivity (Wildman–Crippen MR) is 46.8 cm³/mol. The lowest BCUT2D eigenvalue weighted by Crippen LogP contribution is -2.52. The topological polar surface area (TPSA) is 23.5 Å². The summed E-state index contributed by atoms with van der Waals surface area (Å²) in [7, 11) is 0. The molecule has 1 aliphatic heterocycles. The zero-order valence-corrected chi connectivity index (χ0v) is 8.05. The fourth-order valence-corrected chi connectivity index (χ4v) is 1.50. The van der Waals surface area contributed by atoms with E-state index < -0.39 is 12.3 Å². The molecule has 1 aliphatic rings. The van der Waals surface area contributed by atoms with Crippen LogP contribution in [0.3, 0.4) is 0 Å². The van der Waals surface area contributed by atoms with E-state index in [4.69, 9.17) is 5.11 Å². The van der Waals surface area contributed by atoms with Gasteiger partial charge in [0.1, 0.15) is 6.17 Å². The number of piperidine rings is 1. The highest BCUT2D eigenvalue weighted by atomic mass is 19.1. The van der Waals surface area contributed by atoms with E-state index >= 15 is 0 Å². The fraction of sp³-hybridized carbons (Fsp3) is 1.00. The van der Waals surface area contributed by atoms with Crippen LogP contribution in [-0.4, -0.2) is 40.9 Å². The van der Waals surface area contributed by atoms with Crippen LogP contribution in [0, 0.1) is 0 Å². The maximum absolute atomic E-state index is 13.1. The van der Waals surface area contributed by atoms with E-state index in [-0.39, 0.29) is 5.54 Å². The number of rotatable bonds is 0. The molecule has 0 amide bonds. The maximum Gasteiger partial charge on any atom is 0.139 e. The minimum Gasteiger partial charge on any atom is -0.390 e. The standard InChI is InChI=1S/C9H18FNO/c1-9(2,3)11-5-4-8(12)7(10)6-11/h7-8,12H,4-6H2,1-3H3/t7-,8+/m1/s1. The molecule has 2 atom stereocenters. The molecule has 0 bridgehead atoms. The highest BCUT2D eigenvalue weighted by molar-refractivity contribution is 4.86. The Morgan fingerprint density at radius 3 is 2.42 bits per heavy atom. The largest absolute Gasteiger partial charge is 0.390 e. The SMILES string of the molecule is CC(C)(C)N1CC[C@H](O)[C@H](F)C1. The molecule has 0 radical (unpaired) electrons. The molecule has 0 spiro atoms. The summed E-state index contributed by atoms with van der Waals surface area (Å²) in [5.41, 5.74) is 0.0183. The van der Waals surface area contributed by atoms with Crippen LogP contribution < -0.4 is 0 Å². The molecule has 3 heteroatoms. The van der Waals surface area contributed by atoms with Gasteiger partial charge in [-0.1, -0.05) is 0 Å². The Kier molecular flexibility index (Phi) is 2.74. The summed E-state index contributed by atoms with van der Waals surface area (Å²) in [6, 6.07) is 0. The van der Waals surface area contributed by atoms with Crippen LogP contribution in [0.1, 0.15) is 27.2 Å². The molecular formula is C9H18FNO. The summed E-state index contributed by atoms with van der Waals surface area (Å²) in [6.07, 6.45) is -1.26. The van der Waals surface area contributed by atoms with Gasteiger partial charge in [-0.25, -0.2) is 4.39 Å². The second-order valence-corrected chi connectivity index (χ2v) is 4.49. The quantitative estimate of drug-likeness (QED) is 0.598. The molecule has 0 aromatic carbocycles. The van der Waals surface area contributed by atoms with E-state index in [1.165, 1.54) is 0 Å². The van der Waals surface area contributed by atoms with Crippen molar-refractivity contribution in [3.05, 3.63) is 0 Å². The highest BCUT2D eigenvalue weighted by Gasteiger charge is 2.32. The van der Waals surface area contributed by atoms with E-state index in [1.807, 2.05) is 0 Å². The normalized spacial score (nSPS) is 33.8. The number of hydrogen-bond donors (Lipinski definition) is 1. The molecule has 0 aromatic rings. The molecule has 1 rings (SSSR count). The molecular weight excluding hydrogens is 157 g/mol. The number of likely N-dealkylation sites (tertiary alicyclic amines) is 1. The Balaban J connectivity index is 2.51. The van der Waals surface area contributed by atoms with Gasteiger partial charge in [-0.3, -0.25) is 4.90 Å². The van der Waals surface area contributed by atoms with Gasteiger partial charge < -0.3 is 5.11 Å². The van der Waals surface area contributed by atoms with Crippen LogP contribution in [0.25, 0.3) is 0 Å². The van der Waals surface area contributed by atoms with Crippen molar-refractivity contribution in [2.24, 2.45) is 0 Å². The van der Waals surface area contributed by atoms with Crippen LogP contribution in [0.15, 0.2) is 0 Å². The monoisotopic (exact) mass is 175 g/mol. The summed E-state index contributed by atoms with van der Waals surface area (Å²) in [5, 5.41) is 9.16. The molecule has 0 unspecified atom stereocenters. The van der Waals surface area contributed by atoms with Crippen molar-refractivity contribution in [1.29, 1.82) is 0 Å². The van der Waals surface area contributed by atoms with Gasteiger partial charge in [0.15, 0.2) is 0 Å².